The summed E-state index contributed by atoms with van der Waals surface area (Å²) in [6, 6.07) is 14.6. The third-order valence-corrected chi connectivity index (χ3v) is 5.47. The largest absolute Gasteiger partial charge is 0.489 e. The first kappa shape index (κ1) is 18.9. The molecule has 4 rings (SSSR count). The number of hydrogen-bond acceptors (Lipinski definition) is 4. The number of imide groups is 1. The van der Waals surface area contributed by atoms with E-state index in [2.05, 4.69) is 15.9 Å². The molecule has 0 saturated carbocycles. The maximum absolute atomic E-state index is 12.5. The number of aromatic nitrogens is 1. The quantitative estimate of drug-likeness (QED) is 0.604. The van der Waals surface area contributed by atoms with Gasteiger partial charge in [-0.2, -0.15) is 0 Å². The van der Waals surface area contributed by atoms with Crippen molar-refractivity contribution in [2.45, 2.75) is 6.61 Å². The fraction of sp³-hybridized carbons (Fsp3) is 0.0952. The summed E-state index contributed by atoms with van der Waals surface area (Å²) in [6.07, 6.45) is 0.137. The molecule has 7 nitrogen and oxygen atoms in total. The molecule has 0 unspecified atom stereocenters. The number of likely N-dealkylation sites (N-methyl/N-ethyl adjacent to an activating group) is 1. The van der Waals surface area contributed by atoms with Crippen molar-refractivity contribution in [2.75, 3.05) is 7.05 Å². The highest BCUT2D eigenvalue weighted by Crippen LogP contribution is 2.37. The third-order valence-electron chi connectivity index (χ3n) is 4.73. The van der Waals surface area contributed by atoms with E-state index in [4.69, 9.17) is 4.74 Å². The van der Waals surface area contributed by atoms with Crippen LogP contribution in [0.15, 0.2) is 59.2 Å². The summed E-state index contributed by atoms with van der Waals surface area (Å²) >= 11 is 3.17. The Morgan fingerprint density at radius 2 is 1.83 bits per heavy atom. The summed E-state index contributed by atoms with van der Waals surface area (Å²) in [6.45, 7) is 0.335. The summed E-state index contributed by atoms with van der Waals surface area (Å²) in [5.74, 6) is -0.466. The highest BCUT2D eigenvalue weighted by Gasteiger charge is 2.36. The standard InChI is InChI=1S/C21H15BrN2O5/c1-23-19(25)17(18(22)20(23)26)15-10-24(21(27)28)16-9-13(7-8-14(15)16)29-11-12-5-3-2-4-6-12/h2-10H,11H2,1H3,(H,27,28). The molecule has 1 aromatic heterocycles. The molecule has 0 aliphatic carbocycles. The topological polar surface area (TPSA) is 88.8 Å². The van der Waals surface area contributed by atoms with Gasteiger partial charge in [-0.1, -0.05) is 30.3 Å². The van der Waals surface area contributed by atoms with E-state index in [1.165, 1.54) is 13.2 Å². The predicted octanol–water partition coefficient (Wildman–Crippen LogP) is 3.85. The van der Waals surface area contributed by atoms with Crippen LogP contribution in [0.1, 0.15) is 11.1 Å². The van der Waals surface area contributed by atoms with Gasteiger partial charge in [-0.3, -0.25) is 19.1 Å². The minimum Gasteiger partial charge on any atom is -0.489 e. The maximum atomic E-state index is 12.5. The van der Waals surface area contributed by atoms with Gasteiger partial charge in [-0.15, -0.1) is 0 Å². The molecule has 1 aliphatic rings. The molecule has 2 aromatic carbocycles. The lowest BCUT2D eigenvalue weighted by atomic mass is 10.1. The zero-order valence-corrected chi connectivity index (χ0v) is 16.8. The summed E-state index contributed by atoms with van der Waals surface area (Å²) in [7, 11) is 1.38. The van der Waals surface area contributed by atoms with Crippen LogP contribution in [0.5, 0.6) is 5.75 Å². The minimum absolute atomic E-state index is 0.110. The number of carboxylic acid groups (broad SMARTS) is 1. The number of amides is 2. The second kappa shape index (κ2) is 7.21. The highest BCUT2D eigenvalue weighted by atomic mass is 79.9. The van der Waals surface area contributed by atoms with Crippen molar-refractivity contribution >= 4 is 50.3 Å². The first-order chi connectivity index (χ1) is 13.9. The van der Waals surface area contributed by atoms with Crippen LogP contribution in [-0.4, -0.2) is 39.5 Å². The van der Waals surface area contributed by atoms with Crippen molar-refractivity contribution in [3.8, 4) is 5.75 Å². The average Bonchev–Trinajstić information content (AvgIpc) is 3.18. The monoisotopic (exact) mass is 454 g/mol. The average molecular weight is 455 g/mol. The predicted molar refractivity (Wildman–Crippen MR) is 110 cm³/mol. The Balaban J connectivity index is 1.78. The number of halogens is 1. The molecule has 0 radical (unpaired) electrons. The maximum Gasteiger partial charge on any atom is 0.416 e. The van der Waals surface area contributed by atoms with Gasteiger partial charge in [0.1, 0.15) is 12.4 Å². The van der Waals surface area contributed by atoms with Gasteiger partial charge < -0.3 is 9.84 Å². The molecule has 3 aromatic rings. The summed E-state index contributed by atoms with van der Waals surface area (Å²) in [5.41, 5.74) is 1.85. The van der Waals surface area contributed by atoms with Crippen LogP contribution in [0.3, 0.4) is 0 Å². The number of carbonyl (C=O) groups is 3. The molecular formula is C21H15BrN2O5. The van der Waals surface area contributed by atoms with Gasteiger partial charge in [-0.25, -0.2) is 4.79 Å². The van der Waals surface area contributed by atoms with E-state index in [1.807, 2.05) is 30.3 Å². The van der Waals surface area contributed by atoms with E-state index in [1.54, 1.807) is 18.2 Å². The molecule has 0 saturated heterocycles. The number of benzene rings is 2. The Labute approximate surface area is 173 Å². The summed E-state index contributed by atoms with van der Waals surface area (Å²) in [5, 5.41) is 10.1. The van der Waals surface area contributed by atoms with Crippen molar-refractivity contribution < 1.29 is 24.2 Å². The fourth-order valence-electron chi connectivity index (χ4n) is 3.24. The Bertz CT molecular complexity index is 1200. The molecular weight excluding hydrogens is 440 g/mol. The molecule has 2 heterocycles. The molecule has 1 N–H and O–H groups in total. The normalized spacial score (nSPS) is 14.2. The number of carbonyl (C=O) groups excluding carboxylic acids is 2. The molecule has 2 amide bonds. The van der Waals surface area contributed by atoms with Gasteiger partial charge in [0.25, 0.3) is 11.8 Å². The Hall–Kier alpha value is -3.39. The second-order valence-corrected chi connectivity index (χ2v) is 7.30. The van der Waals surface area contributed by atoms with Crippen LogP contribution in [0.2, 0.25) is 0 Å². The fourth-order valence-corrected chi connectivity index (χ4v) is 3.89. The van der Waals surface area contributed by atoms with Gasteiger partial charge >= 0.3 is 6.09 Å². The van der Waals surface area contributed by atoms with E-state index in [-0.39, 0.29) is 10.1 Å². The number of rotatable bonds is 4. The Kier molecular flexibility index (Phi) is 4.71. The molecule has 0 spiro atoms. The van der Waals surface area contributed by atoms with Crippen molar-refractivity contribution in [3.05, 3.63) is 70.3 Å². The smallest absolute Gasteiger partial charge is 0.416 e. The molecule has 29 heavy (non-hydrogen) atoms. The lowest BCUT2D eigenvalue weighted by molar-refractivity contribution is -0.134. The molecule has 146 valence electrons. The first-order valence-electron chi connectivity index (χ1n) is 8.66. The van der Waals surface area contributed by atoms with Crippen molar-refractivity contribution in [2.24, 2.45) is 0 Å². The molecule has 0 fully saturated rings. The van der Waals surface area contributed by atoms with Gasteiger partial charge in [0.15, 0.2) is 0 Å². The van der Waals surface area contributed by atoms with E-state index in [0.29, 0.717) is 28.8 Å². The third kappa shape index (κ3) is 3.21. The van der Waals surface area contributed by atoms with E-state index >= 15 is 0 Å². The highest BCUT2D eigenvalue weighted by molar-refractivity contribution is 9.12. The number of hydrogen-bond donors (Lipinski definition) is 1. The first-order valence-corrected chi connectivity index (χ1v) is 9.45. The Morgan fingerprint density at radius 1 is 1.10 bits per heavy atom. The zero-order chi connectivity index (χ0) is 20.7. The van der Waals surface area contributed by atoms with Gasteiger partial charge in [0, 0.05) is 30.3 Å². The van der Waals surface area contributed by atoms with Crippen LogP contribution in [0, 0.1) is 0 Å². The van der Waals surface area contributed by atoms with Crippen LogP contribution in [0.25, 0.3) is 16.5 Å². The molecule has 0 atom stereocenters. The van der Waals surface area contributed by atoms with Crippen LogP contribution in [0.4, 0.5) is 4.79 Å². The van der Waals surface area contributed by atoms with E-state index in [0.717, 1.165) is 15.0 Å². The SMILES string of the molecule is CN1C(=O)C(Br)=C(c2cn(C(=O)O)c3cc(OCc4ccccc4)ccc23)C1=O. The van der Waals surface area contributed by atoms with Crippen molar-refractivity contribution in [3.63, 3.8) is 0 Å². The van der Waals surface area contributed by atoms with Crippen molar-refractivity contribution in [1.29, 1.82) is 0 Å². The van der Waals surface area contributed by atoms with Crippen LogP contribution in [-0.2, 0) is 16.2 Å². The lowest BCUT2D eigenvalue weighted by Gasteiger charge is -2.08. The number of ether oxygens (including phenoxy) is 1. The second-order valence-electron chi connectivity index (χ2n) is 6.51. The molecule has 1 aliphatic heterocycles. The van der Waals surface area contributed by atoms with Gasteiger partial charge in [0.2, 0.25) is 0 Å². The molecule has 0 bridgehead atoms. The van der Waals surface area contributed by atoms with Gasteiger partial charge in [-0.05, 0) is 33.6 Å². The van der Waals surface area contributed by atoms with E-state index < -0.39 is 17.9 Å². The Morgan fingerprint density at radius 3 is 2.45 bits per heavy atom. The minimum atomic E-state index is -1.21. The van der Waals surface area contributed by atoms with Gasteiger partial charge in [0.05, 0.1) is 15.6 Å². The zero-order valence-electron chi connectivity index (χ0n) is 15.3. The molecule has 8 heteroatoms. The lowest BCUT2D eigenvalue weighted by Crippen LogP contribution is -2.26. The summed E-state index contributed by atoms with van der Waals surface area (Å²) < 4.78 is 6.92. The van der Waals surface area contributed by atoms with Crippen molar-refractivity contribution in [1.82, 2.24) is 9.47 Å². The van der Waals surface area contributed by atoms with Crippen LogP contribution < -0.4 is 4.74 Å². The van der Waals surface area contributed by atoms with E-state index in [9.17, 15) is 19.5 Å². The van der Waals surface area contributed by atoms with Crippen LogP contribution >= 0.6 is 15.9 Å². The number of fused-ring (bicyclic) bond motifs is 1. The summed E-state index contributed by atoms with van der Waals surface area (Å²) in [4.78, 5) is 37.4. The number of nitrogens with zero attached hydrogens (tertiary/aromatic N) is 2.